The topological polar surface area (TPSA) is 46.0 Å². The molecule has 2 heterocycles. The summed E-state index contributed by atoms with van der Waals surface area (Å²) in [6.45, 7) is 4.74. The summed E-state index contributed by atoms with van der Waals surface area (Å²) in [5.74, 6) is -0.431. The number of nitrogens with zero attached hydrogens (tertiary/aromatic N) is 4. The second kappa shape index (κ2) is 5.87. The van der Waals surface area contributed by atoms with Gasteiger partial charge in [0, 0.05) is 32.7 Å². The van der Waals surface area contributed by atoms with Crippen molar-refractivity contribution in [3.63, 3.8) is 0 Å². The molecule has 1 aromatic heterocycles. The first-order chi connectivity index (χ1) is 9.74. The van der Waals surface area contributed by atoms with E-state index in [2.05, 4.69) is 20.5 Å². The number of halogens is 2. The Morgan fingerprint density at radius 1 is 1.30 bits per heavy atom. The summed E-state index contributed by atoms with van der Waals surface area (Å²) in [5, 5.41) is 11.4. The van der Waals surface area contributed by atoms with E-state index in [9.17, 15) is 4.39 Å². The highest BCUT2D eigenvalue weighted by atomic mass is 35.5. The van der Waals surface area contributed by atoms with Gasteiger partial charge in [0.1, 0.15) is 5.82 Å². The molecule has 1 aromatic carbocycles. The predicted octanol–water partition coefficient (Wildman–Crippen LogP) is 1.46. The van der Waals surface area contributed by atoms with Crippen molar-refractivity contribution in [2.75, 3.05) is 26.2 Å². The average Bonchev–Trinajstić information content (AvgIpc) is 2.91. The zero-order chi connectivity index (χ0) is 13.9. The first-order valence-corrected chi connectivity index (χ1v) is 6.90. The SMILES string of the molecule is Fc1ccc(-n2nncc2CN2CCNCC2)cc1Cl. The van der Waals surface area contributed by atoms with Crippen LogP contribution >= 0.6 is 11.6 Å². The standard InChI is InChI=1S/C13H15ClFN5/c14-12-7-10(1-2-13(12)15)20-11(8-17-18-20)9-19-5-3-16-4-6-19/h1-2,7-8,16H,3-6,9H2. The molecule has 0 atom stereocenters. The monoisotopic (exact) mass is 295 g/mol. The maximum absolute atomic E-state index is 13.2. The quantitative estimate of drug-likeness (QED) is 0.931. The van der Waals surface area contributed by atoms with Gasteiger partial charge in [-0.25, -0.2) is 9.07 Å². The van der Waals surface area contributed by atoms with Crippen molar-refractivity contribution in [2.24, 2.45) is 0 Å². The van der Waals surface area contributed by atoms with Crippen LogP contribution in [0.5, 0.6) is 0 Å². The molecule has 3 rings (SSSR count). The lowest BCUT2D eigenvalue weighted by molar-refractivity contribution is 0.229. The van der Waals surface area contributed by atoms with Gasteiger partial charge in [-0.3, -0.25) is 4.90 Å². The molecule has 0 unspecified atom stereocenters. The summed E-state index contributed by atoms with van der Waals surface area (Å²) in [6.07, 6.45) is 1.74. The largest absolute Gasteiger partial charge is 0.314 e. The van der Waals surface area contributed by atoms with Crippen molar-refractivity contribution >= 4 is 11.6 Å². The summed E-state index contributed by atoms with van der Waals surface area (Å²) in [4.78, 5) is 2.33. The van der Waals surface area contributed by atoms with Crippen LogP contribution in [0.2, 0.25) is 5.02 Å². The molecule has 1 fully saturated rings. The molecule has 0 aliphatic carbocycles. The molecule has 7 heteroatoms. The lowest BCUT2D eigenvalue weighted by Gasteiger charge is -2.26. The number of hydrogen-bond acceptors (Lipinski definition) is 4. The van der Waals surface area contributed by atoms with E-state index in [0.717, 1.165) is 44.1 Å². The van der Waals surface area contributed by atoms with Crippen molar-refractivity contribution < 1.29 is 4.39 Å². The first-order valence-electron chi connectivity index (χ1n) is 6.52. The fourth-order valence-corrected chi connectivity index (χ4v) is 2.47. The fraction of sp³-hybridized carbons (Fsp3) is 0.385. The molecule has 0 amide bonds. The lowest BCUT2D eigenvalue weighted by Crippen LogP contribution is -2.43. The molecule has 106 valence electrons. The molecule has 0 radical (unpaired) electrons. The number of rotatable bonds is 3. The Morgan fingerprint density at radius 3 is 2.85 bits per heavy atom. The van der Waals surface area contributed by atoms with E-state index < -0.39 is 5.82 Å². The van der Waals surface area contributed by atoms with E-state index in [1.54, 1.807) is 23.0 Å². The Kier molecular flexibility index (Phi) is 3.95. The molecule has 0 spiro atoms. The van der Waals surface area contributed by atoms with Crippen molar-refractivity contribution in [1.29, 1.82) is 0 Å². The highest BCUT2D eigenvalue weighted by Crippen LogP contribution is 2.19. The second-order valence-electron chi connectivity index (χ2n) is 4.76. The zero-order valence-corrected chi connectivity index (χ0v) is 11.6. The van der Waals surface area contributed by atoms with Crippen molar-refractivity contribution in [3.05, 3.63) is 40.9 Å². The van der Waals surface area contributed by atoms with Gasteiger partial charge in [-0.1, -0.05) is 16.8 Å². The summed E-state index contributed by atoms with van der Waals surface area (Å²) in [6, 6.07) is 4.55. The molecule has 2 aromatic rings. The fourth-order valence-electron chi connectivity index (χ4n) is 2.30. The molecule has 1 saturated heterocycles. The van der Waals surface area contributed by atoms with Crippen LogP contribution in [0.25, 0.3) is 5.69 Å². The summed E-state index contributed by atoms with van der Waals surface area (Å²) in [7, 11) is 0. The number of aromatic nitrogens is 3. The van der Waals surface area contributed by atoms with Crippen LogP contribution in [0, 0.1) is 5.82 Å². The molecule has 0 saturated carbocycles. The minimum atomic E-state index is -0.431. The number of piperazine rings is 1. The molecular weight excluding hydrogens is 281 g/mol. The van der Waals surface area contributed by atoms with Gasteiger partial charge in [-0.15, -0.1) is 5.10 Å². The number of benzene rings is 1. The Labute approximate surface area is 121 Å². The van der Waals surface area contributed by atoms with Crippen molar-refractivity contribution in [3.8, 4) is 5.69 Å². The van der Waals surface area contributed by atoms with Gasteiger partial charge in [0.25, 0.3) is 0 Å². The molecule has 0 bridgehead atoms. The van der Waals surface area contributed by atoms with Crippen LogP contribution in [0.4, 0.5) is 4.39 Å². The van der Waals surface area contributed by atoms with E-state index in [1.165, 1.54) is 6.07 Å². The number of nitrogens with one attached hydrogen (secondary N) is 1. The van der Waals surface area contributed by atoms with Gasteiger partial charge in [0.05, 0.1) is 22.6 Å². The number of hydrogen-bond donors (Lipinski definition) is 1. The van der Waals surface area contributed by atoms with E-state index in [0.29, 0.717) is 0 Å². The van der Waals surface area contributed by atoms with Gasteiger partial charge in [0.15, 0.2) is 0 Å². The maximum atomic E-state index is 13.2. The van der Waals surface area contributed by atoms with E-state index in [4.69, 9.17) is 11.6 Å². The van der Waals surface area contributed by atoms with Crippen LogP contribution in [0.15, 0.2) is 24.4 Å². The maximum Gasteiger partial charge on any atom is 0.141 e. The molecule has 5 nitrogen and oxygen atoms in total. The first kappa shape index (κ1) is 13.5. The Balaban J connectivity index is 1.83. The Morgan fingerprint density at radius 2 is 2.10 bits per heavy atom. The third-order valence-electron chi connectivity index (χ3n) is 3.36. The van der Waals surface area contributed by atoms with Gasteiger partial charge in [-0.05, 0) is 18.2 Å². The summed E-state index contributed by atoms with van der Waals surface area (Å²) in [5.41, 5.74) is 1.69. The van der Waals surface area contributed by atoms with Crippen LogP contribution in [0.1, 0.15) is 5.69 Å². The van der Waals surface area contributed by atoms with Gasteiger partial charge < -0.3 is 5.32 Å². The molecular formula is C13H15ClFN5. The van der Waals surface area contributed by atoms with Crippen LogP contribution in [-0.2, 0) is 6.54 Å². The third-order valence-corrected chi connectivity index (χ3v) is 3.65. The molecule has 1 aliphatic heterocycles. The Bertz CT molecular complexity index is 594. The molecule has 1 N–H and O–H groups in total. The zero-order valence-electron chi connectivity index (χ0n) is 10.9. The van der Waals surface area contributed by atoms with Crippen molar-refractivity contribution in [2.45, 2.75) is 6.54 Å². The van der Waals surface area contributed by atoms with Gasteiger partial charge >= 0.3 is 0 Å². The minimum absolute atomic E-state index is 0.0890. The van der Waals surface area contributed by atoms with E-state index >= 15 is 0 Å². The normalized spacial score (nSPS) is 16.5. The smallest absolute Gasteiger partial charge is 0.141 e. The third kappa shape index (κ3) is 2.82. The van der Waals surface area contributed by atoms with E-state index in [-0.39, 0.29) is 5.02 Å². The molecule has 20 heavy (non-hydrogen) atoms. The van der Waals surface area contributed by atoms with Crippen LogP contribution in [-0.4, -0.2) is 46.1 Å². The average molecular weight is 296 g/mol. The van der Waals surface area contributed by atoms with Gasteiger partial charge in [-0.2, -0.15) is 0 Å². The second-order valence-corrected chi connectivity index (χ2v) is 5.17. The van der Waals surface area contributed by atoms with Crippen molar-refractivity contribution in [1.82, 2.24) is 25.2 Å². The van der Waals surface area contributed by atoms with E-state index in [1.807, 2.05) is 0 Å². The Hall–Kier alpha value is -1.50. The molecule has 1 aliphatic rings. The highest BCUT2D eigenvalue weighted by Gasteiger charge is 2.14. The van der Waals surface area contributed by atoms with Gasteiger partial charge in [0.2, 0.25) is 0 Å². The predicted molar refractivity (Wildman–Crippen MR) is 74.5 cm³/mol. The minimum Gasteiger partial charge on any atom is -0.314 e. The lowest BCUT2D eigenvalue weighted by atomic mass is 10.3. The van der Waals surface area contributed by atoms with Crippen LogP contribution in [0.3, 0.4) is 0 Å². The summed E-state index contributed by atoms with van der Waals surface area (Å²) >= 11 is 5.82. The highest BCUT2D eigenvalue weighted by molar-refractivity contribution is 6.30. The van der Waals surface area contributed by atoms with Crippen LogP contribution < -0.4 is 5.32 Å². The summed E-state index contributed by atoms with van der Waals surface area (Å²) < 4.78 is 14.9.